The number of halogens is 6. The molecule has 0 saturated heterocycles. The Labute approximate surface area is 272 Å². The molecule has 6 rings (SSSR count). The van der Waals surface area contributed by atoms with Gasteiger partial charge in [0.25, 0.3) is 0 Å². The lowest BCUT2D eigenvalue weighted by atomic mass is 10.1. The molecule has 2 aromatic heterocycles. The van der Waals surface area contributed by atoms with E-state index in [2.05, 4.69) is 35.2 Å². The number of benzene rings is 2. The number of ether oxygens (including phenoxy) is 2. The smallest absolute Gasteiger partial charge is 0.406 e. The number of hydrazine groups is 1. The maximum atomic E-state index is 12.3. The maximum Gasteiger partial charge on any atom is 0.573 e. The third-order valence-electron chi connectivity index (χ3n) is 6.11. The zero-order valence-corrected chi connectivity index (χ0v) is 24.8. The fourth-order valence-electron chi connectivity index (χ4n) is 4.02. The number of hydrogen-bond acceptors (Lipinski definition) is 9. The molecule has 13 nitrogen and oxygen atoms in total. The molecule has 256 valence electrons. The van der Waals surface area contributed by atoms with E-state index in [1.807, 2.05) is 0 Å². The fourth-order valence-corrected chi connectivity index (χ4v) is 4.02. The second kappa shape index (κ2) is 15.6. The molecule has 19 heteroatoms. The Bertz CT molecular complexity index is 1790. The van der Waals surface area contributed by atoms with E-state index < -0.39 is 24.8 Å². The molecule has 2 aromatic carbocycles. The highest BCUT2D eigenvalue weighted by molar-refractivity contribution is 5.93. The van der Waals surface area contributed by atoms with Gasteiger partial charge in [-0.05, 0) is 54.6 Å². The largest absolute Gasteiger partial charge is 0.573 e. The topological polar surface area (TPSA) is 164 Å². The van der Waals surface area contributed by atoms with Gasteiger partial charge in [0.1, 0.15) is 11.5 Å². The second-order valence-corrected chi connectivity index (χ2v) is 9.71. The third-order valence-corrected chi connectivity index (χ3v) is 6.11. The molecule has 4 amide bonds. The summed E-state index contributed by atoms with van der Waals surface area (Å²) >= 11 is 0. The number of urea groups is 2. The number of carbonyl (C=O) groups excluding carboxylic acids is 3. The normalized spacial score (nSPS) is 13.8. The molecule has 0 radical (unpaired) electrons. The molecule has 2 aliphatic rings. The predicted octanol–water partition coefficient (Wildman–Crippen LogP) is 6.06. The molecule has 0 spiro atoms. The zero-order chi connectivity index (χ0) is 35.6. The molecule has 0 fully saturated rings. The Morgan fingerprint density at radius 1 is 0.755 bits per heavy atom. The van der Waals surface area contributed by atoms with Crippen LogP contribution in [0, 0.1) is 0 Å². The summed E-state index contributed by atoms with van der Waals surface area (Å²) in [4.78, 5) is 40.7. The van der Waals surface area contributed by atoms with Crippen LogP contribution < -0.4 is 25.9 Å². The SMILES string of the molecule is NN1Cc2cc(OC(F)(F)F)ccc2NC1=O.O=C1Nc2ccc(OC(F)(F)F)cc2CN1/N=C/c1cccnc1.O=Cc1cccnc1. The minimum Gasteiger partial charge on any atom is -0.406 e. The summed E-state index contributed by atoms with van der Waals surface area (Å²) in [5.74, 6) is 4.63. The predicted molar refractivity (Wildman–Crippen MR) is 161 cm³/mol. The first kappa shape index (κ1) is 35.6. The van der Waals surface area contributed by atoms with Crippen molar-refractivity contribution in [3.05, 3.63) is 108 Å². The van der Waals surface area contributed by atoms with Crippen LogP contribution in [0.15, 0.2) is 90.6 Å². The van der Waals surface area contributed by atoms with Crippen molar-refractivity contribution in [3.63, 3.8) is 0 Å². The Morgan fingerprint density at radius 3 is 1.73 bits per heavy atom. The van der Waals surface area contributed by atoms with Gasteiger partial charge in [0.2, 0.25) is 0 Å². The van der Waals surface area contributed by atoms with E-state index in [1.54, 1.807) is 42.9 Å². The van der Waals surface area contributed by atoms with Crippen molar-refractivity contribution in [1.29, 1.82) is 0 Å². The van der Waals surface area contributed by atoms with Gasteiger partial charge in [0.15, 0.2) is 6.29 Å². The number of nitrogens with zero attached hydrogens (tertiary/aromatic N) is 5. The van der Waals surface area contributed by atoms with E-state index in [0.29, 0.717) is 33.6 Å². The van der Waals surface area contributed by atoms with Crippen LogP contribution in [0.5, 0.6) is 11.5 Å². The second-order valence-electron chi connectivity index (χ2n) is 9.71. The summed E-state index contributed by atoms with van der Waals surface area (Å²) in [6, 6.07) is 13.3. The van der Waals surface area contributed by atoms with Crippen LogP contribution in [0.25, 0.3) is 0 Å². The standard InChI is InChI=1S/C15H11F3N4O2.C9H8F3N3O2.C6H5NO/c16-15(17,18)24-12-3-4-13-11(6-12)9-22(14(23)21-13)20-8-10-2-1-5-19-7-10;10-9(11,12)17-6-1-2-7-5(3-6)4-15(13)8(16)14-7;8-5-6-2-1-3-7-4-6/h1-8H,9H2,(H,21,23);1-3H,4,13H2,(H,14,16);1-5H/b20-8+;;. The van der Waals surface area contributed by atoms with E-state index >= 15 is 0 Å². The zero-order valence-electron chi connectivity index (χ0n) is 24.8. The number of hydrazone groups is 1. The van der Waals surface area contributed by atoms with Crippen LogP contribution in [-0.2, 0) is 13.1 Å². The van der Waals surface area contributed by atoms with E-state index in [-0.39, 0.29) is 24.6 Å². The maximum absolute atomic E-state index is 12.3. The summed E-state index contributed by atoms with van der Waals surface area (Å²) in [6.07, 6.45) is -0.989. The quantitative estimate of drug-likeness (QED) is 0.0748. The Morgan fingerprint density at radius 2 is 1.27 bits per heavy atom. The van der Waals surface area contributed by atoms with Gasteiger partial charge in [0.05, 0.1) is 19.3 Å². The number of amides is 4. The number of rotatable bonds is 5. The highest BCUT2D eigenvalue weighted by Gasteiger charge is 2.33. The first-order valence-corrected chi connectivity index (χ1v) is 13.7. The third kappa shape index (κ3) is 11.2. The first-order chi connectivity index (χ1) is 23.2. The molecule has 0 saturated carbocycles. The van der Waals surface area contributed by atoms with Crippen molar-refractivity contribution in [3.8, 4) is 11.5 Å². The average molecular weight is 691 g/mol. The molecule has 0 unspecified atom stereocenters. The average Bonchev–Trinajstić information content (AvgIpc) is 3.05. The number of carbonyl (C=O) groups is 3. The molecule has 4 aromatic rings. The lowest BCUT2D eigenvalue weighted by molar-refractivity contribution is -0.275. The Hall–Kier alpha value is -6.24. The Balaban J connectivity index is 0.000000187. The molecule has 2 aliphatic heterocycles. The van der Waals surface area contributed by atoms with Gasteiger partial charge in [-0.2, -0.15) is 5.10 Å². The minimum absolute atomic E-state index is 0.0208. The van der Waals surface area contributed by atoms with Gasteiger partial charge in [-0.25, -0.2) is 20.4 Å². The van der Waals surface area contributed by atoms with Gasteiger partial charge in [-0.15, -0.1) is 26.3 Å². The summed E-state index contributed by atoms with van der Waals surface area (Å²) < 4.78 is 80.5. The highest BCUT2D eigenvalue weighted by atomic mass is 19.4. The monoisotopic (exact) mass is 690 g/mol. The van der Waals surface area contributed by atoms with Gasteiger partial charge in [-0.3, -0.25) is 19.8 Å². The van der Waals surface area contributed by atoms with Crippen molar-refractivity contribution in [1.82, 2.24) is 20.0 Å². The van der Waals surface area contributed by atoms with Gasteiger partial charge < -0.3 is 20.1 Å². The van der Waals surface area contributed by atoms with Gasteiger partial charge in [0, 0.05) is 58.4 Å². The summed E-state index contributed by atoms with van der Waals surface area (Å²) in [5.41, 5.74) is 3.06. The number of hydrogen-bond donors (Lipinski definition) is 3. The minimum atomic E-state index is -4.77. The van der Waals surface area contributed by atoms with Crippen LogP contribution in [0.3, 0.4) is 0 Å². The van der Waals surface area contributed by atoms with E-state index in [0.717, 1.165) is 28.4 Å². The van der Waals surface area contributed by atoms with Crippen LogP contribution in [0.1, 0.15) is 27.0 Å². The molecule has 49 heavy (non-hydrogen) atoms. The molecule has 0 atom stereocenters. The summed E-state index contributed by atoms with van der Waals surface area (Å²) in [5, 5.41) is 11.0. The summed E-state index contributed by atoms with van der Waals surface area (Å²) in [7, 11) is 0. The van der Waals surface area contributed by atoms with Crippen molar-refractivity contribution in [2.45, 2.75) is 25.8 Å². The Kier molecular flexibility index (Phi) is 11.3. The number of alkyl halides is 6. The van der Waals surface area contributed by atoms with Crippen LogP contribution in [0.4, 0.5) is 47.3 Å². The van der Waals surface area contributed by atoms with Crippen molar-refractivity contribution in [2.24, 2.45) is 10.9 Å². The molecule has 0 aliphatic carbocycles. The number of aldehydes is 1. The highest BCUT2D eigenvalue weighted by Crippen LogP contribution is 2.31. The number of nitrogens with one attached hydrogen (secondary N) is 2. The summed E-state index contributed by atoms with van der Waals surface area (Å²) in [6.45, 7) is 0.0449. The van der Waals surface area contributed by atoms with Crippen molar-refractivity contribution >= 4 is 35.9 Å². The van der Waals surface area contributed by atoms with Crippen molar-refractivity contribution in [2.75, 3.05) is 10.6 Å². The molecular weight excluding hydrogens is 666 g/mol. The van der Waals surface area contributed by atoms with Crippen molar-refractivity contribution < 1.29 is 50.2 Å². The van der Waals surface area contributed by atoms with E-state index in [1.165, 1.54) is 36.7 Å². The number of fused-ring (bicyclic) bond motifs is 2. The van der Waals surface area contributed by atoms with Gasteiger partial charge >= 0.3 is 24.8 Å². The van der Waals surface area contributed by atoms with Crippen LogP contribution >= 0.6 is 0 Å². The lowest BCUT2D eigenvalue weighted by Crippen LogP contribution is -2.43. The molecular formula is C30H24F6N8O5. The first-order valence-electron chi connectivity index (χ1n) is 13.7. The van der Waals surface area contributed by atoms with E-state index in [9.17, 15) is 40.7 Å². The van der Waals surface area contributed by atoms with E-state index in [4.69, 9.17) is 5.84 Å². The fraction of sp³-hybridized carbons (Fsp3) is 0.133. The van der Waals surface area contributed by atoms with Gasteiger partial charge in [-0.1, -0.05) is 6.07 Å². The van der Waals surface area contributed by atoms with Crippen LogP contribution in [0.2, 0.25) is 0 Å². The molecule has 4 heterocycles. The number of pyridine rings is 2. The molecule has 4 N–H and O–H groups in total. The molecule has 0 bridgehead atoms. The lowest BCUT2D eigenvalue weighted by Gasteiger charge is -2.25. The number of anilines is 2. The number of nitrogens with two attached hydrogens (primary N) is 1. The number of aromatic nitrogens is 2. The van der Waals surface area contributed by atoms with Crippen LogP contribution in [-0.4, -0.2) is 57.3 Å².